The summed E-state index contributed by atoms with van der Waals surface area (Å²) in [4.78, 5) is 0. The van der Waals surface area contributed by atoms with Crippen LogP contribution in [0.15, 0.2) is 39.4 Å². The molecule has 0 aliphatic heterocycles. The molecule has 0 aliphatic carbocycles. The Morgan fingerprint density at radius 1 is 1.39 bits per heavy atom. The van der Waals surface area contributed by atoms with E-state index in [1.54, 1.807) is 18.4 Å². The molecule has 0 bridgehead atoms. The van der Waals surface area contributed by atoms with Gasteiger partial charge < -0.3 is 9.73 Å². The monoisotopic (exact) mass is 311 g/mol. The van der Waals surface area contributed by atoms with Crippen LogP contribution in [0.1, 0.15) is 22.9 Å². The lowest BCUT2D eigenvalue weighted by atomic mass is 10.0. The Bertz CT molecular complexity index is 538. The van der Waals surface area contributed by atoms with Crippen molar-refractivity contribution >= 4 is 15.9 Å². The van der Waals surface area contributed by atoms with Gasteiger partial charge in [-0.25, -0.2) is 4.39 Å². The molecule has 0 saturated heterocycles. The highest BCUT2D eigenvalue weighted by molar-refractivity contribution is 9.10. The second kappa shape index (κ2) is 5.67. The summed E-state index contributed by atoms with van der Waals surface area (Å²) in [5, 5.41) is 3.22. The van der Waals surface area contributed by atoms with Gasteiger partial charge in [0.25, 0.3) is 0 Å². The fourth-order valence-electron chi connectivity index (χ4n) is 1.95. The second-order valence-electron chi connectivity index (χ2n) is 4.27. The van der Waals surface area contributed by atoms with Gasteiger partial charge in [-0.15, -0.1) is 0 Å². The zero-order valence-electron chi connectivity index (χ0n) is 10.3. The third-order valence-electron chi connectivity index (χ3n) is 2.93. The molecule has 0 radical (unpaired) electrons. The summed E-state index contributed by atoms with van der Waals surface area (Å²) in [7, 11) is 1.89. The molecule has 2 aromatic rings. The molecule has 2 rings (SSSR count). The number of aryl methyl sites for hydroxylation is 1. The first kappa shape index (κ1) is 13.3. The number of nitrogens with one attached hydrogen (secondary N) is 1. The smallest absolute Gasteiger partial charge is 0.123 e. The van der Waals surface area contributed by atoms with Crippen molar-refractivity contribution in [2.45, 2.75) is 19.4 Å². The Balaban J connectivity index is 2.22. The van der Waals surface area contributed by atoms with Crippen molar-refractivity contribution in [2.75, 3.05) is 7.05 Å². The van der Waals surface area contributed by atoms with Crippen molar-refractivity contribution in [3.8, 4) is 0 Å². The van der Waals surface area contributed by atoms with Crippen LogP contribution in [0.4, 0.5) is 4.39 Å². The molecule has 96 valence electrons. The molecular formula is C14H15BrFNO. The summed E-state index contributed by atoms with van der Waals surface area (Å²) >= 11 is 3.45. The molecule has 0 spiro atoms. The van der Waals surface area contributed by atoms with Crippen molar-refractivity contribution in [2.24, 2.45) is 0 Å². The number of halogens is 2. The maximum atomic E-state index is 13.2. The maximum absolute atomic E-state index is 13.2. The van der Waals surface area contributed by atoms with Crippen molar-refractivity contribution in [3.63, 3.8) is 0 Å². The van der Waals surface area contributed by atoms with E-state index in [1.165, 1.54) is 6.07 Å². The largest absolute Gasteiger partial charge is 0.469 e. The standard InChI is InChI=1S/C14H15BrFNO/c1-9-5-11(8-18-9)14(17-2)7-10-6-12(16)3-4-13(10)15/h3-6,8,14,17H,7H2,1-2H3. The summed E-state index contributed by atoms with van der Waals surface area (Å²) in [6, 6.07) is 6.85. The Labute approximate surface area is 114 Å². The zero-order chi connectivity index (χ0) is 13.1. The maximum Gasteiger partial charge on any atom is 0.123 e. The molecule has 1 aromatic carbocycles. The number of hydrogen-bond acceptors (Lipinski definition) is 2. The van der Waals surface area contributed by atoms with Crippen LogP contribution in [0.3, 0.4) is 0 Å². The number of likely N-dealkylation sites (N-methyl/N-ethyl adjacent to an activating group) is 1. The van der Waals surface area contributed by atoms with Gasteiger partial charge in [-0.05, 0) is 50.2 Å². The normalized spacial score (nSPS) is 12.7. The van der Waals surface area contributed by atoms with Crippen molar-refractivity contribution < 1.29 is 8.81 Å². The van der Waals surface area contributed by atoms with E-state index in [2.05, 4.69) is 21.2 Å². The van der Waals surface area contributed by atoms with Gasteiger partial charge in [0, 0.05) is 16.1 Å². The Morgan fingerprint density at radius 2 is 2.17 bits per heavy atom. The number of rotatable bonds is 4. The third kappa shape index (κ3) is 3.00. The Hall–Kier alpha value is -1.13. The predicted octanol–water partition coefficient (Wildman–Crippen LogP) is 3.99. The molecule has 1 heterocycles. The van der Waals surface area contributed by atoms with Crippen LogP contribution < -0.4 is 5.32 Å². The third-order valence-corrected chi connectivity index (χ3v) is 3.71. The minimum atomic E-state index is -0.216. The molecule has 0 fully saturated rings. The van der Waals surface area contributed by atoms with Crippen LogP contribution in [0.2, 0.25) is 0 Å². The van der Waals surface area contributed by atoms with E-state index in [0.717, 1.165) is 21.4 Å². The fraction of sp³-hybridized carbons (Fsp3) is 0.286. The van der Waals surface area contributed by atoms with E-state index in [1.807, 2.05) is 20.0 Å². The summed E-state index contributed by atoms with van der Waals surface area (Å²) < 4.78 is 19.5. The van der Waals surface area contributed by atoms with Crippen LogP contribution in [0, 0.1) is 12.7 Å². The van der Waals surface area contributed by atoms with Gasteiger partial charge in [0.2, 0.25) is 0 Å². The van der Waals surface area contributed by atoms with Crippen LogP contribution in [-0.2, 0) is 6.42 Å². The highest BCUT2D eigenvalue weighted by atomic mass is 79.9. The molecule has 18 heavy (non-hydrogen) atoms. The first-order chi connectivity index (χ1) is 8.60. The first-order valence-corrected chi connectivity index (χ1v) is 6.55. The van der Waals surface area contributed by atoms with Crippen LogP contribution in [0.25, 0.3) is 0 Å². The lowest BCUT2D eigenvalue weighted by Crippen LogP contribution is -2.18. The van der Waals surface area contributed by atoms with Crippen molar-refractivity contribution in [1.29, 1.82) is 0 Å². The average Bonchev–Trinajstić information content (AvgIpc) is 2.77. The number of benzene rings is 1. The highest BCUT2D eigenvalue weighted by Gasteiger charge is 2.14. The summed E-state index contributed by atoms with van der Waals surface area (Å²) in [5.74, 6) is 0.662. The number of hydrogen-bond donors (Lipinski definition) is 1. The Morgan fingerprint density at radius 3 is 2.78 bits per heavy atom. The zero-order valence-corrected chi connectivity index (χ0v) is 11.9. The molecule has 2 nitrogen and oxygen atoms in total. The fourth-order valence-corrected chi connectivity index (χ4v) is 2.36. The van der Waals surface area contributed by atoms with E-state index in [9.17, 15) is 4.39 Å². The van der Waals surface area contributed by atoms with E-state index in [0.29, 0.717) is 6.42 Å². The first-order valence-electron chi connectivity index (χ1n) is 5.76. The molecule has 1 atom stereocenters. The summed E-state index contributed by atoms with van der Waals surface area (Å²) in [5.41, 5.74) is 2.01. The summed E-state index contributed by atoms with van der Waals surface area (Å²) in [6.07, 6.45) is 2.44. The molecule has 4 heteroatoms. The van der Waals surface area contributed by atoms with Crippen LogP contribution in [-0.4, -0.2) is 7.05 Å². The molecule has 0 saturated carbocycles. The molecule has 0 amide bonds. The van der Waals surface area contributed by atoms with Gasteiger partial charge in [0.05, 0.1) is 6.26 Å². The van der Waals surface area contributed by atoms with Gasteiger partial charge in [0.1, 0.15) is 11.6 Å². The lowest BCUT2D eigenvalue weighted by molar-refractivity contribution is 0.519. The van der Waals surface area contributed by atoms with Gasteiger partial charge in [-0.1, -0.05) is 15.9 Å². The van der Waals surface area contributed by atoms with E-state index >= 15 is 0 Å². The minimum absolute atomic E-state index is 0.112. The predicted molar refractivity (Wildman–Crippen MR) is 73.0 cm³/mol. The van der Waals surface area contributed by atoms with Gasteiger partial charge >= 0.3 is 0 Å². The molecule has 1 N–H and O–H groups in total. The molecule has 0 aliphatic rings. The van der Waals surface area contributed by atoms with Crippen molar-refractivity contribution in [3.05, 3.63) is 57.7 Å². The molecule has 1 unspecified atom stereocenters. The lowest BCUT2D eigenvalue weighted by Gasteiger charge is -2.15. The van der Waals surface area contributed by atoms with Crippen molar-refractivity contribution in [1.82, 2.24) is 5.32 Å². The SMILES string of the molecule is CNC(Cc1cc(F)ccc1Br)c1coc(C)c1. The van der Waals surface area contributed by atoms with E-state index in [4.69, 9.17) is 4.42 Å². The second-order valence-corrected chi connectivity index (χ2v) is 5.13. The van der Waals surface area contributed by atoms with Gasteiger partial charge in [0.15, 0.2) is 0 Å². The highest BCUT2D eigenvalue weighted by Crippen LogP contribution is 2.25. The minimum Gasteiger partial charge on any atom is -0.469 e. The molecule has 1 aromatic heterocycles. The Kier molecular flexibility index (Phi) is 4.19. The molecular weight excluding hydrogens is 297 g/mol. The number of furan rings is 1. The quantitative estimate of drug-likeness (QED) is 0.923. The van der Waals surface area contributed by atoms with E-state index in [-0.39, 0.29) is 11.9 Å². The van der Waals surface area contributed by atoms with Crippen LogP contribution >= 0.6 is 15.9 Å². The van der Waals surface area contributed by atoms with E-state index < -0.39 is 0 Å². The average molecular weight is 312 g/mol. The van der Waals surface area contributed by atoms with Gasteiger partial charge in [-0.2, -0.15) is 0 Å². The van der Waals surface area contributed by atoms with Crippen LogP contribution in [0.5, 0.6) is 0 Å². The van der Waals surface area contributed by atoms with Gasteiger partial charge in [-0.3, -0.25) is 0 Å². The topological polar surface area (TPSA) is 25.2 Å². The summed E-state index contributed by atoms with van der Waals surface area (Å²) in [6.45, 7) is 1.91.